The highest BCUT2D eigenvalue weighted by Gasteiger charge is 2.13. The topological polar surface area (TPSA) is 88.4 Å². The zero-order valence-electron chi connectivity index (χ0n) is 13.3. The SMILES string of the molecule is COc1ccccc1[C@H](O)CNC(=O)NCCc1cnn(C)c1. The van der Waals surface area contributed by atoms with Gasteiger partial charge in [-0.1, -0.05) is 18.2 Å². The maximum absolute atomic E-state index is 11.7. The molecule has 1 aromatic heterocycles. The van der Waals surface area contributed by atoms with Gasteiger partial charge in [0.25, 0.3) is 0 Å². The molecular formula is C16H22N4O3. The van der Waals surface area contributed by atoms with Crippen molar-refractivity contribution in [3.63, 3.8) is 0 Å². The number of nitrogens with one attached hydrogen (secondary N) is 2. The molecule has 3 N–H and O–H groups in total. The van der Waals surface area contributed by atoms with Crippen molar-refractivity contribution in [3.8, 4) is 5.75 Å². The number of aliphatic hydroxyl groups excluding tert-OH is 1. The highest BCUT2D eigenvalue weighted by atomic mass is 16.5. The summed E-state index contributed by atoms with van der Waals surface area (Å²) in [6.45, 7) is 0.612. The Bertz CT molecular complexity index is 642. The van der Waals surface area contributed by atoms with E-state index in [1.807, 2.05) is 25.4 Å². The van der Waals surface area contributed by atoms with Crippen molar-refractivity contribution in [2.24, 2.45) is 7.05 Å². The second-order valence-corrected chi connectivity index (χ2v) is 5.17. The van der Waals surface area contributed by atoms with Crippen LogP contribution in [0.25, 0.3) is 0 Å². The molecule has 0 aliphatic heterocycles. The molecule has 23 heavy (non-hydrogen) atoms. The number of para-hydroxylation sites is 1. The van der Waals surface area contributed by atoms with Crippen LogP contribution in [0.1, 0.15) is 17.2 Å². The van der Waals surface area contributed by atoms with E-state index in [9.17, 15) is 9.90 Å². The normalized spacial score (nSPS) is 11.8. The number of amides is 2. The van der Waals surface area contributed by atoms with E-state index in [4.69, 9.17) is 4.74 Å². The summed E-state index contributed by atoms with van der Waals surface area (Å²) < 4.78 is 6.91. The van der Waals surface area contributed by atoms with Crippen LogP contribution in [0.3, 0.4) is 0 Å². The standard InChI is InChI=1S/C16H22N4O3/c1-20-11-12(9-19-20)7-8-17-16(22)18-10-14(21)13-5-3-4-6-15(13)23-2/h3-6,9,11,14,21H,7-8,10H2,1-2H3,(H2,17,18,22)/t14-/m1/s1. The van der Waals surface area contributed by atoms with Crippen molar-refractivity contribution in [1.29, 1.82) is 0 Å². The number of benzene rings is 1. The number of aromatic nitrogens is 2. The van der Waals surface area contributed by atoms with Gasteiger partial charge in [-0.15, -0.1) is 0 Å². The fraction of sp³-hybridized carbons (Fsp3) is 0.375. The highest BCUT2D eigenvalue weighted by Crippen LogP contribution is 2.23. The second-order valence-electron chi connectivity index (χ2n) is 5.17. The molecule has 0 fully saturated rings. The van der Waals surface area contributed by atoms with Crippen molar-refractivity contribution >= 4 is 6.03 Å². The van der Waals surface area contributed by atoms with Crippen molar-refractivity contribution < 1.29 is 14.6 Å². The van der Waals surface area contributed by atoms with Crippen LogP contribution in [0, 0.1) is 0 Å². The van der Waals surface area contributed by atoms with E-state index in [2.05, 4.69) is 15.7 Å². The first-order valence-corrected chi connectivity index (χ1v) is 7.40. The summed E-state index contributed by atoms with van der Waals surface area (Å²) >= 11 is 0. The van der Waals surface area contributed by atoms with Crippen LogP contribution in [-0.2, 0) is 13.5 Å². The summed E-state index contributed by atoms with van der Waals surface area (Å²) in [6.07, 6.45) is 3.56. The average molecular weight is 318 g/mol. The zero-order chi connectivity index (χ0) is 16.7. The number of carbonyl (C=O) groups is 1. The summed E-state index contributed by atoms with van der Waals surface area (Å²) in [5, 5.41) is 19.6. The molecule has 2 amide bonds. The molecule has 0 saturated carbocycles. The van der Waals surface area contributed by atoms with Crippen LogP contribution in [0.2, 0.25) is 0 Å². The van der Waals surface area contributed by atoms with Gasteiger partial charge in [-0.25, -0.2) is 4.79 Å². The molecule has 124 valence electrons. The lowest BCUT2D eigenvalue weighted by molar-refractivity contribution is 0.169. The van der Waals surface area contributed by atoms with Crippen LogP contribution in [0.4, 0.5) is 4.79 Å². The molecule has 2 rings (SSSR count). The number of aryl methyl sites for hydroxylation is 1. The first-order valence-electron chi connectivity index (χ1n) is 7.40. The molecular weight excluding hydrogens is 296 g/mol. The van der Waals surface area contributed by atoms with Gasteiger partial charge in [-0.3, -0.25) is 4.68 Å². The molecule has 0 aliphatic rings. The van der Waals surface area contributed by atoms with E-state index in [1.165, 1.54) is 0 Å². The van der Waals surface area contributed by atoms with E-state index < -0.39 is 6.10 Å². The number of carbonyl (C=O) groups excluding carboxylic acids is 1. The molecule has 0 aliphatic carbocycles. The minimum atomic E-state index is -0.824. The Morgan fingerprint density at radius 2 is 2.17 bits per heavy atom. The van der Waals surface area contributed by atoms with Crippen LogP contribution < -0.4 is 15.4 Å². The van der Waals surface area contributed by atoms with Gasteiger partial charge in [0.2, 0.25) is 0 Å². The number of aliphatic hydroxyl groups is 1. The number of nitrogens with zero attached hydrogens (tertiary/aromatic N) is 2. The molecule has 0 spiro atoms. The lowest BCUT2D eigenvalue weighted by Gasteiger charge is -2.15. The molecule has 1 heterocycles. The maximum Gasteiger partial charge on any atom is 0.314 e. The average Bonchev–Trinajstić information content (AvgIpc) is 2.98. The largest absolute Gasteiger partial charge is 0.496 e. The Kier molecular flexibility index (Phi) is 5.99. The predicted octanol–water partition coefficient (Wildman–Crippen LogP) is 1.00. The molecule has 2 aromatic rings. The second kappa shape index (κ2) is 8.19. The third kappa shape index (κ3) is 5.00. The minimum absolute atomic E-state index is 0.110. The summed E-state index contributed by atoms with van der Waals surface area (Å²) in [5.41, 5.74) is 1.70. The Morgan fingerprint density at radius 1 is 1.39 bits per heavy atom. The van der Waals surface area contributed by atoms with Gasteiger partial charge in [0.05, 0.1) is 19.4 Å². The molecule has 0 radical (unpaired) electrons. The van der Waals surface area contributed by atoms with E-state index >= 15 is 0 Å². The van der Waals surface area contributed by atoms with Gasteiger partial charge in [0.1, 0.15) is 5.75 Å². The van der Waals surface area contributed by atoms with E-state index in [-0.39, 0.29) is 12.6 Å². The quantitative estimate of drug-likeness (QED) is 0.711. The molecule has 0 bridgehead atoms. The number of rotatable bonds is 7. The molecule has 1 atom stereocenters. The maximum atomic E-state index is 11.7. The molecule has 7 heteroatoms. The van der Waals surface area contributed by atoms with Crippen LogP contribution in [-0.4, -0.2) is 41.1 Å². The fourth-order valence-corrected chi connectivity index (χ4v) is 2.22. The lowest BCUT2D eigenvalue weighted by atomic mass is 10.1. The number of ether oxygens (including phenoxy) is 1. The van der Waals surface area contributed by atoms with Gasteiger partial charge in [-0.2, -0.15) is 5.10 Å². The summed E-state index contributed by atoms with van der Waals surface area (Å²) in [4.78, 5) is 11.7. The number of methoxy groups -OCH3 is 1. The predicted molar refractivity (Wildman–Crippen MR) is 86.3 cm³/mol. The van der Waals surface area contributed by atoms with Gasteiger partial charge >= 0.3 is 6.03 Å². The summed E-state index contributed by atoms with van der Waals surface area (Å²) in [6, 6.07) is 6.86. The summed E-state index contributed by atoms with van der Waals surface area (Å²) in [7, 11) is 3.40. The Balaban J connectivity index is 1.73. The van der Waals surface area contributed by atoms with Gasteiger partial charge in [0.15, 0.2) is 0 Å². The van der Waals surface area contributed by atoms with Crippen molar-refractivity contribution in [1.82, 2.24) is 20.4 Å². The highest BCUT2D eigenvalue weighted by molar-refractivity contribution is 5.73. The monoisotopic (exact) mass is 318 g/mol. The first-order chi connectivity index (χ1) is 11.1. The van der Waals surface area contributed by atoms with Crippen molar-refractivity contribution in [2.45, 2.75) is 12.5 Å². The smallest absolute Gasteiger partial charge is 0.314 e. The van der Waals surface area contributed by atoms with Gasteiger partial charge < -0.3 is 20.5 Å². The first kappa shape index (κ1) is 16.8. The number of hydrogen-bond acceptors (Lipinski definition) is 4. The van der Waals surface area contributed by atoms with Crippen molar-refractivity contribution in [3.05, 3.63) is 47.8 Å². The zero-order valence-corrected chi connectivity index (χ0v) is 13.3. The third-order valence-corrected chi connectivity index (χ3v) is 3.41. The molecule has 7 nitrogen and oxygen atoms in total. The lowest BCUT2D eigenvalue weighted by Crippen LogP contribution is -2.38. The van der Waals surface area contributed by atoms with Crippen LogP contribution in [0.15, 0.2) is 36.7 Å². The minimum Gasteiger partial charge on any atom is -0.496 e. The Labute approximate surface area is 135 Å². The van der Waals surface area contributed by atoms with E-state index in [0.29, 0.717) is 24.3 Å². The van der Waals surface area contributed by atoms with Gasteiger partial charge in [-0.05, 0) is 18.1 Å². The van der Waals surface area contributed by atoms with Crippen LogP contribution in [0.5, 0.6) is 5.75 Å². The third-order valence-electron chi connectivity index (χ3n) is 3.41. The molecule has 1 aromatic carbocycles. The molecule has 0 unspecified atom stereocenters. The fourth-order valence-electron chi connectivity index (χ4n) is 2.22. The number of urea groups is 1. The Hall–Kier alpha value is -2.54. The Morgan fingerprint density at radius 3 is 2.87 bits per heavy atom. The van der Waals surface area contributed by atoms with Crippen molar-refractivity contribution in [2.75, 3.05) is 20.2 Å². The summed E-state index contributed by atoms with van der Waals surface area (Å²) in [5.74, 6) is 0.596. The van der Waals surface area contributed by atoms with E-state index in [1.54, 1.807) is 30.1 Å². The van der Waals surface area contributed by atoms with Crippen LogP contribution >= 0.6 is 0 Å². The molecule has 0 saturated heterocycles. The van der Waals surface area contributed by atoms with E-state index in [0.717, 1.165) is 5.56 Å². The van der Waals surface area contributed by atoms with Gasteiger partial charge in [0, 0.05) is 31.9 Å². The number of hydrogen-bond donors (Lipinski definition) is 3.